The van der Waals surface area contributed by atoms with Crippen LogP contribution in [0.2, 0.25) is 0 Å². The Labute approximate surface area is 241 Å². The predicted molar refractivity (Wildman–Crippen MR) is 149 cm³/mol. The maximum atomic E-state index is 13.1. The van der Waals surface area contributed by atoms with E-state index in [1.54, 1.807) is 72.8 Å². The lowest BCUT2D eigenvalue weighted by atomic mass is 10.1. The van der Waals surface area contributed by atoms with Crippen LogP contribution in [0, 0.1) is 11.3 Å². The van der Waals surface area contributed by atoms with Gasteiger partial charge in [0.25, 0.3) is 0 Å². The van der Waals surface area contributed by atoms with Gasteiger partial charge in [-0.05, 0) is 48.5 Å². The van der Waals surface area contributed by atoms with Gasteiger partial charge >= 0.3 is 23.9 Å². The van der Waals surface area contributed by atoms with Crippen molar-refractivity contribution in [1.82, 2.24) is 0 Å². The number of esters is 4. The Morgan fingerprint density at radius 1 is 0.524 bits per heavy atom. The Hall–Kier alpha value is -5.75. The molecule has 0 aliphatic heterocycles. The number of rotatable bonds is 11. The molecule has 9 nitrogen and oxygen atoms in total. The molecule has 3 unspecified atom stereocenters. The molecule has 0 amide bonds. The highest BCUT2D eigenvalue weighted by molar-refractivity contribution is 5.91. The quantitative estimate of drug-likeness (QED) is 0.182. The summed E-state index contributed by atoms with van der Waals surface area (Å²) in [7, 11) is 0. The molecule has 0 saturated carbocycles. The highest BCUT2D eigenvalue weighted by Crippen LogP contribution is 2.20. The fraction of sp³-hybridized carbons (Fsp3) is 0.121. The monoisotopic (exact) mass is 563 g/mol. The topological polar surface area (TPSA) is 129 Å². The van der Waals surface area contributed by atoms with E-state index in [2.05, 4.69) is 0 Å². The number of carbonyl (C=O) groups excluding carboxylic acids is 4. The van der Waals surface area contributed by atoms with E-state index in [0.29, 0.717) is 0 Å². The molecular formula is C33H25NO8. The molecule has 0 radical (unpaired) electrons. The van der Waals surface area contributed by atoms with Crippen LogP contribution in [0.4, 0.5) is 0 Å². The first-order valence-corrected chi connectivity index (χ1v) is 12.9. The molecule has 0 spiro atoms. The van der Waals surface area contributed by atoms with Crippen molar-refractivity contribution in [2.75, 3.05) is 6.61 Å². The first kappa shape index (κ1) is 29.2. The van der Waals surface area contributed by atoms with Crippen molar-refractivity contribution in [3.8, 4) is 6.07 Å². The summed E-state index contributed by atoms with van der Waals surface area (Å²) in [6.45, 7) is -0.625. The van der Waals surface area contributed by atoms with E-state index in [0.717, 1.165) is 0 Å². The van der Waals surface area contributed by atoms with Gasteiger partial charge in [-0.15, -0.1) is 0 Å². The zero-order valence-electron chi connectivity index (χ0n) is 22.2. The number of benzene rings is 4. The number of hydrogen-bond acceptors (Lipinski definition) is 9. The van der Waals surface area contributed by atoms with Crippen molar-refractivity contribution in [3.05, 3.63) is 144 Å². The second-order valence-corrected chi connectivity index (χ2v) is 8.83. The molecule has 210 valence electrons. The van der Waals surface area contributed by atoms with E-state index in [4.69, 9.17) is 18.9 Å². The van der Waals surface area contributed by atoms with E-state index >= 15 is 0 Å². The number of nitrogens with zero attached hydrogens (tertiary/aromatic N) is 1. The molecule has 0 aliphatic rings. The predicted octanol–water partition coefficient (Wildman–Crippen LogP) is 5.04. The third-order valence-corrected chi connectivity index (χ3v) is 5.94. The van der Waals surface area contributed by atoms with E-state index in [9.17, 15) is 24.4 Å². The third kappa shape index (κ3) is 7.90. The normalized spacial score (nSPS) is 12.5. The average Bonchev–Trinajstić information content (AvgIpc) is 3.05. The van der Waals surface area contributed by atoms with E-state index < -0.39 is 48.8 Å². The summed E-state index contributed by atoms with van der Waals surface area (Å²) in [5.41, 5.74) is 0.637. The fourth-order valence-corrected chi connectivity index (χ4v) is 3.81. The van der Waals surface area contributed by atoms with Crippen molar-refractivity contribution in [1.29, 1.82) is 5.26 Å². The van der Waals surface area contributed by atoms with Crippen LogP contribution in [-0.4, -0.2) is 48.8 Å². The molecule has 0 bridgehead atoms. The maximum absolute atomic E-state index is 13.1. The lowest BCUT2D eigenvalue weighted by Crippen LogP contribution is -2.47. The molecule has 3 atom stereocenters. The smallest absolute Gasteiger partial charge is 0.339 e. The molecule has 0 aliphatic carbocycles. The minimum absolute atomic E-state index is 0.128. The van der Waals surface area contributed by atoms with Gasteiger partial charge in [0.2, 0.25) is 6.10 Å². The number of hydrogen-bond donors (Lipinski definition) is 0. The van der Waals surface area contributed by atoms with Gasteiger partial charge in [-0.3, -0.25) is 0 Å². The van der Waals surface area contributed by atoms with E-state index in [1.807, 2.05) is 6.07 Å². The Kier molecular flexibility index (Phi) is 10.2. The van der Waals surface area contributed by atoms with Gasteiger partial charge in [-0.1, -0.05) is 72.8 Å². The fourth-order valence-electron chi connectivity index (χ4n) is 3.81. The van der Waals surface area contributed by atoms with Crippen LogP contribution in [-0.2, 0) is 18.9 Å². The summed E-state index contributed by atoms with van der Waals surface area (Å²) < 4.78 is 22.2. The van der Waals surface area contributed by atoms with Crippen molar-refractivity contribution >= 4 is 23.9 Å². The maximum Gasteiger partial charge on any atom is 0.339 e. The van der Waals surface area contributed by atoms with Crippen LogP contribution in [0.25, 0.3) is 0 Å². The van der Waals surface area contributed by atoms with Crippen molar-refractivity contribution in [3.63, 3.8) is 0 Å². The summed E-state index contributed by atoms with van der Waals surface area (Å²) in [6.07, 6.45) is -4.99. The summed E-state index contributed by atoms with van der Waals surface area (Å²) in [5, 5.41) is 10.1. The summed E-state index contributed by atoms with van der Waals surface area (Å²) in [5.74, 6) is -3.36. The van der Waals surface area contributed by atoms with Crippen LogP contribution in [0.3, 0.4) is 0 Å². The van der Waals surface area contributed by atoms with Crippen LogP contribution in [0.15, 0.2) is 121 Å². The molecule has 0 saturated heterocycles. The standard InChI is InChI=1S/C33H25NO8/c34-21-27(40-31(36)24-15-7-2-8-16-24)29(42-33(38)26-19-11-4-12-20-26)28(41-32(37)25-17-9-3-10-18-25)22-39-30(35)23-13-5-1-6-14-23/h1-20,27-29H,22H2. The largest absolute Gasteiger partial charge is 0.458 e. The van der Waals surface area contributed by atoms with Crippen LogP contribution < -0.4 is 0 Å². The third-order valence-electron chi connectivity index (χ3n) is 5.94. The van der Waals surface area contributed by atoms with Crippen molar-refractivity contribution < 1.29 is 38.1 Å². The van der Waals surface area contributed by atoms with Gasteiger partial charge in [-0.25, -0.2) is 19.2 Å². The van der Waals surface area contributed by atoms with Crippen LogP contribution in [0.5, 0.6) is 0 Å². The molecule has 4 rings (SSSR count). The second kappa shape index (κ2) is 14.6. The van der Waals surface area contributed by atoms with Gasteiger partial charge in [0, 0.05) is 0 Å². The van der Waals surface area contributed by atoms with Gasteiger partial charge in [0.15, 0.2) is 12.2 Å². The molecular weight excluding hydrogens is 538 g/mol. The first-order valence-electron chi connectivity index (χ1n) is 12.9. The second-order valence-electron chi connectivity index (χ2n) is 8.83. The Bertz CT molecular complexity index is 1540. The summed E-state index contributed by atoms with van der Waals surface area (Å²) >= 11 is 0. The highest BCUT2D eigenvalue weighted by atomic mass is 16.6. The first-order chi connectivity index (χ1) is 20.5. The van der Waals surface area contributed by atoms with Gasteiger partial charge in [0.1, 0.15) is 12.7 Å². The zero-order chi connectivity index (χ0) is 29.7. The number of nitriles is 1. The van der Waals surface area contributed by atoms with Gasteiger partial charge in [-0.2, -0.15) is 5.26 Å². The van der Waals surface area contributed by atoms with Crippen molar-refractivity contribution in [2.24, 2.45) is 0 Å². The average molecular weight is 564 g/mol. The summed E-state index contributed by atoms with van der Waals surface area (Å²) in [6, 6.07) is 33.6. The Morgan fingerprint density at radius 2 is 0.881 bits per heavy atom. The van der Waals surface area contributed by atoms with Gasteiger partial charge in [0.05, 0.1) is 22.3 Å². The van der Waals surface area contributed by atoms with Crippen LogP contribution >= 0.6 is 0 Å². The minimum atomic E-state index is -1.76. The Morgan fingerprint density at radius 3 is 1.29 bits per heavy atom. The highest BCUT2D eigenvalue weighted by Gasteiger charge is 2.40. The van der Waals surface area contributed by atoms with Crippen LogP contribution in [0.1, 0.15) is 41.4 Å². The lowest BCUT2D eigenvalue weighted by molar-refractivity contribution is -0.0891. The number of ether oxygens (including phenoxy) is 4. The Balaban J connectivity index is 1.67. The molecule has 4 aromatic rings. The molecule has 0 aromatic heterocycles. The van der Waals surface area contributed by atoms with E-state index in [-0.39, 0.29) is 22.3 Å². The molecule has 4 aromatic carbocycles. The molecule has 9 heteroatoms. The van der Waals surface area contributed by atoms with Crippen molar-refractivity contribution in [2.45, 2.75) is 18.3 Å². The lowest BCUT2D eigenvalue weighted by Gasteiger charge is -2.29. The number of carbonyl (C=O) groups is 4. The summed E-state index contributed by atoms with van der Waals surface area (Å²) in [4.78, 5) is 51.9. The molecule has 0 N–H and O–H groups in total. The van der Waals surface area contributed by atoms with E-state index in [1.165, 1.54) is 48.5 Å². The minimum Gasteiger partial charge on any atom is -0.458 e. The molecule has 0 heterocycles. The molecule has 0 fully saturated rings. The molecule has 42 heavy (non-hydrogen) atoms. The van der Waals surface area contributed by atoms with Gasteiger partial charge < -0.3 is 18.9 Å². The SMILES string of the molecule is N#CC(OC(=O)c1ccccc1)C(OC(=O)c1ccccc1)C(COC(=O)c1ccccc1)OC(=O)c1ccccc1. The zero-order valence-corrected chi connectivity index (χ0v) is 22.2.